The van der Waals surface area contributed by atoms with E-state index in [1.165, 1.54) is 24.4 Å². The van der Waals surface area contributed by atoms with Crippen molar-refractivity contribution in [2.75, 3.05) is 24.1 Å². The highest BCUT2D eigenvalue weighted by atomic mass is 19.4. The molecule has 9 heteroatoms. The lowest BCUT2D eigenvalue weighted by molar-refractivity contribution is -0.138. The van der Waals surface area contributed by atoms with Crippen LogP contribution in [0.4, 0.5) is 24.8 Å². The molecule has 0 bridgehead atoms. The second-order valence-electron chi connectivity index (χ2n) is 7.41. The van der Waals surface area contributed by atoms with Gasteiger partial charge < -0.3 is 16.8 Å². The largest absolute Gasteiger partial charge is 0.418 e. The Hall–Kier alpha value is -3.46. The lowest BCUT2D eigenvalue weighted by Gasteiger charge is -2.32. The summed E-state index contributed by atoms with van der Waals surface area (Å²) in [6.07, 6.45) is -2.72. The average molecular weight is 443 g/mol. The third-order valence-electron chi connectivity index (χ3n) is 5.56. The number of nitrogens with two attached hydrogens (primary N) is 2. The number of aromatic nitrogens is 2. The number of hydrogen-bond donors (Lipinski definition) is 3. The van der Waals surface area contributed by atoms with Gasteiger partial charge in [-0.1, -0.05) is 37.3 Å². The molecule has 168 valence electrons. The highest BCUT2D eigenvalue weighted by molar-refractivity contribution is 6.11. The minimum absolute atomic E-state index is 0.131. The van der Waals surface area contributed by atoms with Crippen LogP contribution in [0.5, 0.6) is 0 Å². The summed E-state index contributed by atoms with van der Waals surface area (Å²) < 4.78 is 40.8. The number of nitrogen functional groups attached to an aromatic ring is 1. The van der Waals surface area contributed by atoms with Crippen LogP contribution in [0.3, 0.4) is 0 Å². The zero-order valence-corrected chi connectivity index (χ0v) is 17.5. The molecule has 0 fully saturated rings. The topological polar surface area (TPSA) is 107 Å². The van der Waals surface area contributed by atoms with Gasteiger partial charge in [0.2, 0.25) is 5.78 Å². The maximum atomic E-state index is 13.6. The Bertz CT molecular complexity index is 1080. The Balaban J connectivity index is 1.97. The number of pyridine rings is 2. The highest BCUT2D eigenvalue weighted by Gasteiger charge is 2.37. The summed E-state index contributed by atoms with van der Waals surface area (Å²) in [6.45, 7) is 2.63. The predicted octanol–water partition coefficient (Wildman–Crippen LogP) is 4.03. The maximum absolute atomic E-state index is 13.6. The number of carbonyl (C=O) groups is 1. The zero-order valence-electron chi connectivity index (χ0n) is 17.5. The first-order valence-electron chi connectivity index (χ1n) is 10.0. The second kappa shape index (κ2) is 9.35. The highest BCUT2D eigenvalue weighted by Crippen LogP contribution is 2.34. The van der Waals surface area contributed by atoms with Crippen molar-refractivity contribution in [3.05, 3.63) is 83.2 Å². The molecule has 0 aliphatic carbocycles. The van der Waals surface area contributed by atoms with Crippen LogP contribution in [0.2, 0.25) is 0 Å². The average Bonchev–Trinajstić information content (AvgIpc) is 2.80. The van der Waals surface area contributed by atoms with Crippen LogP contribution in [0, 0.1) is 0 Å². The molecule has 0 aliphatic rings. The number of anilines is 2. The number of halogens is 3. The van der Waals surface area contributed by atoms with Crippen LogP contribution >= 0.6 is 0 Å². The number of carbonyl (C=O) groups excluding carboxylic acids is 1. The van der Waals surface area contributed by atoms with Crippen molar-refractivity contribution >= 4 is 17.4 Å². The number of benzene rings is 1. The van der Waals surface area contributed by atoms with E-state index in [1.54, 1.807) is 0 Å². The Labute approximate surface area is 183 Å². The number of alkyl halides is 3. The molecule has 2 heterocycles. The number of nitrogens with one attached hydrogen (secondary N) is 1. The third-order valence-corrected chi connectivity index (χ3v) is 5.56. The van der Waals surface area contributed by atoms with Gasteiger partial charge in [-0.05, 0) is 36.2 Å². The van der Waals surface area contributed by atoms with E-state index in [0.29, 0.717) is 19.5 Å². The minimum Gasteiger partial charge on any atom is -0.383 e. The molecule has 6 nitrogen and oxygen atoms in total. The van der Waals surface area contributed by atoms with Gasteiger partial charge in [-0.3, -0.25) is 4.79 Å². The van der Waals surface area contributed by atoms with Crippen molar-refractivity contribution in [2.45, 2.75) is 24.9 Å². The molecule has 0 saturated heterocycles. The van der Waals surface area contributed by atoms with E-state index in [2.05, 4.69) is 15.3 Å². The van der Waals surface area contributed by atoms with E-state index in [1.807, 2.05) is 37.3 Å². The number of rotatable bonds is 8. The summed E-state index contributed by atoms with van der Waals surface area (Å²) in [5.41, 5.74) is 10.3. The molecule has 0 amide bonds. The van der Waals surface area contributed by atoms with Gasteiger partial charge in [0.25, 0.3) is 0 Å². The summed E-state index contributed by atoms with van der Waals surface area (Å²) in [7, 11) is 0. The van der Waals surface area contributed by atoms with Gasteiger partial charge in [0.05, 0.1) is 11.1 Å². The molecule has 3 aromatic rings. The van der Waals surface area contributed by atoms with Crippen molar-refractivity contribution in [3.63, 3.8) is 0 Å². The minimum atomic E-state index is -4.76. The van der Waals surface area contributed by atoms with Gasteiger partial charge in [0.15, 0.2) is 0 Å². The monoisotopic (exact) mass is 443 g/mol. The second-order valence-corrected chi connectivity index (χ2v) is 7.41. The first-order chi connectivity index (χ1) is 15.2. The van der Waals surface area contributed by atoms with Crippen LogP contribution in [-0.2, 0) is 11.6 Å². The van der Waals surface area contributed by atoms with Gasteiger partial charge in [-0.25, -0.2) is 9.97 Å². The lowest BCUT2D eigenvalue weighted by atomic mass is 9.78. The fourth-order valence-electron chi connectivity index (χ4n) is 3.51. The Morgan fingerprint density at radius 3 is 2.38 bits per heavy atom. The van der Waals surface area contributed by atoms with Crippen LogP contribution in [0.25, 0.3) is 0 Å². The summed E-state index contributed by atoms with van der Waals surface area (Å²) in [5.74, 6) is -0.982. The van der Waals surface area contributed by atoms with Crippen molar-refractivity contribution < 1.29 is 18.0 Å². The molecule has 3 rings (SSSR count). The lowest BCUT2D eigenvalue weighted by Crippen LogP contribution is -2.41. The van der Waals surface area contributed by atoms with Gasteiger partial charge in [-0.15, -0.1) is 0 Å². The predicted molar refractivity (Wildman–Crippen MR) is 117 cm³/mol. The van der Waals surface area contributed by atoms with Crippen molar-refractivity contribution in [1.82, 2.24) is 9.97 Å². The maximum Gasteiger partial charge on any atom is 0.418 e. The Morgan fingerprint density at radius 1 is 1.06 bits per heavy atom. The molecule has 0 spiro atoms. The van der Waals surface area contributed by atoms with E-state index >= 15 is 0 Å². The molecule has 0 aliphatic heterocycles. The summed E-state index contributed by atoms with van der Waals surface area (Å²) in [6, 6.07) is 14.4. The van der Waals surface area contributed by atoms with Crippen LogP contribution in [-0.4, -0.2) is 28.8 Å². The zero-order chi connectivity index (χ0) is 23.4. The Morgan fingerprint density at radius 2 is 1.78 bits per heavy atom. The standard InChI is InChI=1S/C23H24F3N5O/c1-2-22(13-27,15-7-4-3-5-8-15)14-30-18-11-10-17(23(24,25)26)19(31-18)20(32)16-9-6-12-29-21(16)28/h3-12H,2,13-14,27H2,1H3,(H2,28,29)(H,30,31)/t22-/m0/s1. The van der Waals surface area contributed by atoms with Gasteiger partial charge in [0.1, 0.15) is 17.3 Å². The summed E-state index contributed by atoms with van der Waals surface area (Å²) >= 11 is 0. The van der Waals surface area contributed by atoms with Crippen LogP contribution in [0.15, 0.2) is 60.8 Å². The molecule has 5 N–H and O–H groups in total. The van der Waals surface area contributed by atoms with Gasteiger partial charge in [-0.2, -0.15) is 13.2 Å². The van der Waals surface area contributed by atoms with Crippen LogP contribution in [0.1, 0.15) is 40.5 Å². The van der Waals surface area contributed by atoms with E-state index in [0.717, 1.165) is 11.6 Å². The summed E-state index contributed by atoms with van der Waals surface area (Å²) in [5, 5.41) is 3.07. The molecule has 1 atom stereocenters. The number of nitrogens with zero attached hydrogens (tertiary/aromatic N) is 2. The molecule has 1 aromatic carbocycles. The number of hydrogen-bond acceptors (Lipinski definition) is 6. The molecular formula is C23H24F3N5O. The summed E-state index contributed by atoms with van der Waals surface area (Å²) in [4.78, 5) is 20.7. The van der Waals surface area contributed by atoms with Gasteiger partial charge in [0, 0.05) is 24.7 Å². The van der Waals surface area contributed by atoms with Gasteiger partial charge >= 0.3 is 6.18 Å². The Kier molecular flexibility index (Phi) is 6.78. The van der Waals surface area contributed by atoms with E-state index in [-0.39, 0.29) is 17.2 Å². The fourth-order valence-corrected chi connectivity index (χ4v) is 3.51. The van der Waals surface area contributed by atoms with Crippen LogP contribution < -0.4 is 16.8 Å². The molecule has 0 unspecified atom stereocenters. The molecule has 0 radical (unpaired) electrons. The molecule has 32 heavy (non-hydrogen) atoms. The van der Waals surface area contributed by atoms with E-state index < -0.39 is 28.6 Å². The molecule has 0 saturated carbocycles. The van der Waals surface area contributed by atoms with Crippen molar-refractivity contribution in [3.8, 4) is 0 Å². The normalized spacial score (nSPS) is 13.4. The first kappa shape index (κ1) is 23.2. The van der Waals surface area contributed by atoms with E-state index in [9.17, 15) is 18.0 Å². The number of ketones is 1. The van der Waals surface area contributed by atoms with Crippen molar-refractivity contribution in [1.29, 1.82) is 0 Å². The first-order valence-corrected chi connectivity index (χ1v) is 10.0. The quantitative estimate of drug-likeness (QED) is 0.454. The van der Waals surface area contributed by atoms with Crippen molar-refractivity contribution in [2.24, 2.45) is 5.73 Å². The third kappa shape index (κ3) is 4.72. The molecular weight excluding hydrogens is 419 g/mol. The van der Waals surface area contributed by atoms with E-state index in [4.69, 9.17) is 11.5 Å². The molecule has 2 aromatic heterocycles. The SMILES string of the molecule is CC[C@](CN)(CNc1ccc(C(F)(F)F)c(C(=O)c2cccnc2N)n1)c1ccccc1. The smallest absolute Gasteiger partial charge is 0.383 e. The fraction of sp³-hybridized carbons (Fsp3) is 0.261.